The zero-order valence-electron chi connectivity index (χ0n) is 17.0. The number of amides is 1. The maximum atomic E-state index is 12.3. The van der Waals surface area contributed by atoms with Crippen molar-refractivity contribution in [3.63, 3.8) is 0 Å². The van der Waals surface area contributed by atoms with Gasteiger partial charge in [0.05, 0.1) is 11.7 Å². The second-order valence-electron chi connectivity index (χ2n) is 8.55. The topological polar surface area (TPSA) is 56.6 Å². The summed E-state index contributed by atoms with van der Waals surface area (Å²) < 4.78 is 13.4. The quantitative estimate of drug-likeness (QED) is 0.750. The van der Waals surface area contributed by atoms with Gasteiger partial charge in [0.25, 0.3) is 0 Å². The lowest BCUT2D eigenvalue weighted by molar-refractivity contribution is -0.0366. The highest BCUT2D eigenvalue weighted by atomic mass is 16.6. The van der Waals surface area contributed by atoms with Gasteiger partial charge in [-0.15, -0.1) is 0 Å². The molecule has 0 radical (unpaired) electrons. The first kappa shape index (κ1) is 19.0. The van der Waals surface area contributed by atoms with Crippen LogP contribution in [0.4, 0.5) is 4.79 Å². The van der Waals surface area contributed by atoms with Crippen LogP contribution < -0.4 is 0 Å². The van der Waals surface area contributed by atoms with E-state index in [0.29, 0.717) is 13.1 Å². The van der Waals surface area contributed by atoms with Gasteiger partial charge in [-0.2, -0.15) is 5.10 Å². The van der Waals surface area contributed by atoms with Crippen LogP contribution in [-0.2, 0) is 9.47 Å². The molecule has 1 saturated heterocycles. The van der Waals surface area contributed by atoms with Crippen LogP contribution in [0, 0.1) is 0 Å². The first-order valence-electron chi connectivity index (χ1n) is 10.2. The SMILES string of the molecule is CC(C)(C)OC(=O)N1CC=C(c2cccc3c2cnn3C2CCCCO2)CC1. The third kappa shape index (κ3) is 3.92. The average molecular weight is 383 g/mol. The molecule has 28 heavy (non-hydrogen) atoms. The smallest absolute Gasteiger partial charge is 0.410 e. The van der Waals surface area contributed by atoms with Crippen molar-refractivity contribution in [2.24, 2.45) is 0 Å². The Morgan fingerprint density at radius 3 is 2.82 bits per heavy atom. The molecule has 1 fully saturated rings. The third-order valence-electron chi connectivity index (χ3n) is 5.28. The van der Waals surface area contributed by atoms with Crippen molar-refractivity contribution in [2.45, 2.75) is 58.3 Å². The molecule has 2 aromatic rings. The second kappa shape index (κ2) is 7.59. The van der Waals surface area contributed by atoms with Crippen molar-refractivity contribution in [3.8, 4) is 0 Å². The van der Waals surface area contributed by atoms with Crippen molar-refractivity contribution in [2.75, 3.05) is 19.7 Å². The number of fused-ring (bicyclic) bond motifs is 1. The predicted molar refractivity (Wildman–Crippen MR) is 109 cm³/mol. The summed E-state index contributed by atoms with van der Waals surface area (Å²) >= 11 is 0. The van der Waals surface area contributed by atoms with Gasteiger partial charge in [-0.25, -0.2) is 9.48 Å². The highest BCUT2D eigenvalue weighted by Gasteiger charge is 2.25. The van der Waals surface area contributed by atoms with E-state index in [-0.39, 0.29) is 12.3 Å². The first-order valence-corrected chi connectivity index (χ1v) is 10.2. The summed E-state index contributed by atoms with van der Waals surface area (Å²) in [4.78, 5) is 14.1. The Morgan fingerprint density at radius 2 is 2.14 bits per heavy atom. The Balaban J connectivity index is 1.55. The van der Waals surface area contributed by atoms with Gasteiger partial charge in [0, 0.05) is 25.1 Å². The van der Waals surface area contributed by atoms with Gasteiger partial charge in [-0.1, -0.05) is 18.2 Å². The van der Waals surface area contributed by atoms with Gasteiger partial charge >= 0.3 is 6.09 Å². The van der Waals surface area contributed by atoms with Gasteiger partial charge in [0.1, 0.15) is 5.60 Å². The molecule has 0 spiro atoms. The summed E-state index contributed by atoms with van der Waals surface area (Å²) in [5.41, 5.74) is 3.10. The molecular formula is C22H29N3O3. The summed E-state index contributed by atoms with van der Waals surface area (Å²) in [5.74, 6) is 0. The largest absolute Gasteiger partial charge is 0.444 e. The summed E-state index contributed by atoms with van der Waals surface area (Å²) in [6.07, 6.45) is 7.99. The molecule has 0 aliphatic carbocycles. The van der Waals surface area contributed by atoms with E-state index >= 15 is 0 Å². The van der Waals surface area contributed by atoms with Gasteiger partial charge in [-0.05, 0) is 63.7 Å². The normalized spacial score (nSPS) is 20.9. The van der Waals surface area contributed by atoms with Crippen molar-refractivity contribution in [1.29, 1.82) is 0 Å². The summed E-state index contributed by atoms with van der Waals surface area (Å²) in [5, 5.41) is 5.78. The fourth-order valence-electron chi connectivity index (χ4n) is 3.90. The number of nitrogens with zero attached hydrogens (tertiary/aromatic N) is 3. The summed E-state index contributed by atoms with van der Waals surface area (Å²) in [6, 6.07) is 6.34. The number of hydrogen-bond acceptors (Lipinski definition) is 4. The van der Waals surface area contributed by atoms with E-state index in [1.54, 1.807) is 4.90 Å². The van der Waals surface area contributed by atoms with E-state index in [1.807, 2.05) is 31.6 Å². The molecule has 1 aromatic carbocycles. The Kier molecular flexibility index (Phi) is 5.15. The van der Waals surface area contributed by atoms with Crippen LogP contribution in [0.1, 0.15) is 58.2 Å². The monoisotopic (exact) mass is 383 g/mol. The zero-order chi connectivity index (χ0) is 19.7. The lowest BCUT2D eigenvalue weighted by Crippen LogP contribution is -2.39. The Bertz CT molecular complexity index is 888. The summed E-state index contributed by atoms with van der Waals surface area (Å²) in [7, 11) is 0. The molecule has 4 rings (SSSR count). The second-order valence-corrected chi connectivity index (χ2v) is 8.55. The van der Waals surface area contributed by atoms with E-state index in [2.05, 4.69) is 29.4 Å². The Morgan fingerprint density at radius 1 is 1.29 bits per heavy atom. The number of benzene rings is 1. The molecule has 6 nitrogen and oxygen atoms in total. The number of ether oxygens (including phenoxy) is 2. The molecule has 1 amide bonds. The van der Waals surface area contributed by atoms with E-state index in [0.717, 1.165) is 36.8 Å². The van der Waals surface area contributed by atoms with E-state index < -0.39 is 5.60 Å². The van der Waals surface area contributed by atoms with Crippen LogP contribution in [0.3, 0.4) is 0 Å². The molecule has 150 valence electrons. The van der Waals surface area contributed by atoms with Crippen LogP contribution in [0.2, 0.25) is 0 Å². The Hall–Kier alpha value is -2.34. The molecule has 6 heteroatoms. The molecule has 2 aliphatic rings. The van der Waals surface area contributed by atoms with Crippen molar-refractivity contribution in [3.05, 3.63) is 36.0 Å². The lowest BCUT2D eigenvalue weighted by Gasteiger charge is -2.29. The van der Waals surface area contributed by atoms with E-state index in [9.17, 15) is 4.79 Å². The van der Waals surface area contributed by atoms with Crippen LogP contribution in [-0.4, -0.2) is 46.1 Å². The van der Waals surface area contributed by atoms with Crippen LogP contribution >= 0.6 is 0 Å². The molecule has 3 heterocycles. The maximum absolute atomic E-state index is 12.3. The number of hydrogen-bond donors (Lipinski definition) is 0. The Labute approximate surface area is 166 Å². The minimum absolute atomic E-state index is 0.0319. The van der Waals surface area contributed by atoms with Gasteiger partial charge in [0.2, 0.25) is 0 Å². The molecule has 0 bridgehead atoms. The molecule has 0 saturated carbocycles. The molecule has 0 N–H and O–H groups in total. The van der Waals surface area contributed by atoms with Gasteiger partial charge in [0.15, 0.2) is 6.23 Å². The minimum Gasteiger partial charge on any atom is -0.444 e. The van der Waals surface area contributed by atoms with Crippen molar-refractivity contribution in [1.82, 2.24) is 14.7 Å². The highest BCUT2D eigenvalue weighted by molar-refractivity contribution is 5.92. The number of carbonyl (C=O) groups is 1. The average Bonchev–Trinajstić information content (AvgIpc) is 3.12. The highest BCUT2D eigenvalue weighted by Crippen LogP contribution is 2.32. The van der Waals surface area contributed by atoms with Crippen LogP contribution in [0.25, 0.3) is 16.5 Å². The van der Waals surface area contributed by atoms with Gasteiger partial charge in [-0.3, -0.25) is 0 Å². The number of aromatic nitrogens is 2. The van der Waals surface area contributed by atoms with Crippen molar-refractivity contribution >= 4 is 22.6 Å². The first-order chi connectivity index (χ1) is 13.4. The molecular weight excluding hydrogens is 354 g/mol. The molecule has 1 atom stereocenters. The maximum Gasteiger partial charge on any atom is 0.410 e. The number of rotatable bonds is 2. The molecule has 1 aromatic heterocycles. The molecule has 2 aliphatic heterocycles. The van der Waals surface area contributed by atoms with E-state index in [1.165, 1.54) is 17.6 Å². The van der Waals surface area contributed by atoms with Gasteiger partial charge < -0.3 is 14.4 Å². The molecule has 1 unspecified atom stereocenters. The fourth-order valence-corrected chi connectivity index (χ4v) is 3.90. The fraction of sp³-hybridized carbons (Fsp3) is 0.545. The van der Waals surface area contributed by atoms with Crippen LogP contribution in [0.15, 0.2) is 30.5 Å². The summed E-state index contributed by atoms with van der Waals surface area (Å²) in [6.45, 7) is 7.72. The van der Waals surface area contributed by atoms with Crippen LogP contribution in [0.5, 0.6) is 0 Å². The lowest BCUT2D eigenvalue weighted by atomic mass is 9.96. The zero-order valence-corrected chi connectivity index (χ0v) is 17.0. The third-order valence-corrected chi connectivity index (χ3v) is 5.28. The standard InChI is InChI=1S/C22H29N3O3/c1-22(2,3)28-21(26)24-12-10-16(11-13-24)17-7-6-8-19-18(17)15-23-25(19)20-9-4-5-14-27-20/h6-8,10,15,20H,4-5,9,11-14H2,1-3H3. The van der Waals surface area contributed by atoms with Crippen molar-refractivity contribution < 1.29 is 14.3 Å². The minimum atomic E-state index is -0.470. The number of carbonyl (C=O) groups excluding carboxylic acids is 1. The van der Waals surface area contributed by atoms with E-state index in [4.69, 9.17) is 9.47 Å². The predicted octanol–water partition coefficient (Wildman–Crippen LogP) is 4.76.